The lowest BCUT2D eigenvalue weighted by Crippen LogP contribution is -2.01. The molecule has 1 heteroatoms. The van der Waals surface area contributed by atoms with Crippen molar-refractivity contribution in [3.8, 4) is 5.75 Å². The Balaban J connectivity index is 2.99. The maximum absolute atomic E-state index is 10.7. The lowest BCUT2D eigenvalue weighted by atomic mass is 9.86. The highest BCUT2D eigenvalue weighted by molar-refractivity contribution is 5.46. The molecule has 2 unspecified atom stereocenters. The lowest BCUT2D eigenvalue weighted by molar-refractivity contribution is 0.443. The van der Waals surface area contributed by atoms with E-state index < -0.39 is 0 Å². The fourth-order valence-corrected chi connectivity index (χ4v) is 2.92. The lowest BCUT2D eigenvalue weighted by Gasteiger charge is -2.20. The summed E-state index contributed by atoms with van der Waals surface area (Å²) < 4.78 is 0. The minimum absolute atomic E-state index is 0.451. The molecule has 20 heavy (non-hydrogen) atoms. The van der Waals surface area contributed by atoms with Crippen LogP contribution in [-0.4, -0.2) is 5.11 Å². The van der Waals surface area contributed by atoms with Crippen molar-refractivity contribution in [3.05, 3.63) is 28.8 Å². The van der Waals surface area contributed by atoms with E-state index in [0.717, 1.165) is 24.0 Å². The van der Waals surface area contributed by atoms with Gasteiger partial charge in [0.15, 0.2) is 0 Å². The molecule has 1 aromatic carbocycles. The predicted molar refractivity (Wildman–Crippen MR) is 88.7 cm³/mol. The van der Waals surface area contributed by atoms with Crippen molar-refractivity contribution < 1.29 is 5.11 Å². The molecular formula is C19H32O. The van der Waals surface area contributed by atoms with E-state index in [9.17, 15) is 5.11 Å². The predicted octanol–water partition coefficient (Wildman–Crippen LogP) is 6.29. The summed E-state index contributed by atoms with van der Waals surface area (Å²) in [5, 5.41) is 10.7. The maximum Gasteiger partial charge on any atom is 0.122 e. The number of phenolic OH excluding ortho intramolecular Hbond substituents is 1. The number of aromatic hydroxyl groups is 1. The monoisotopic (exact) mass is 276 g/mol. The minimum Gasteiger partial charge on any atom is -0.507 e. The molecule has 2 atom stereocenters. The van der Waals surface area contributed by atoms with E-state index in [4.69, 9.17) is 0 Å². The largest absolute Gasteiger partial charge is 0.507 e. The molecule has 0 amide bonds. The Hall–Kier alpha value is -0.980. The molecule has 0 radical (unpaired) electrons. The van der Waals surface area contributed by atoms with Crippen LogP contribution in [0.5, 0.6) is 5.75 Å². The van der Waals surface area contributed by atoms with Gasteiger partial charge in [0.2, 0.25) is 0 Å². The Morgan fingerprint density at radius 1 is 0.900 bits per heavy atom. The van der Waals surface area contributed by atoms with E-state index in [2.05, 4.69) is 46.8 Å². The zero-order valence-corrected chi connectivity index (χ0v) is 14.0. The average molecular weight is 276 g/mol. The van der Waals surface area contributed by atoms with Gasteiger partial charge < -0.3 is 5.11 Å². The van der Waals surface area contributed by atoms with Gasteiger partial charge in [-0.15, -0.1) is 0 Å². The van der Waals surface area contributed by atoms with E-state index in [1.807, 2.05) is 0 Å². The molecular weight excluding hydrogens is 244 g/mol. The molecule has 1 rings (SSSR count). The number of hydrogen-bond donors (Lipinski definition) is 1. The van der Waals surface area contributed by atoms with Crippen molar-refractivity contribution in [2.75, 3.05) is 0 Å². The molecule has 0 saturated heterocycles. The van der Waals surface area contributed by atoms with Crippen LogP contribution < -0.4 is 0 Å². The standard InChI is InChI=1S/C19H32O/c1-6-8-10-15(4)17-12-14(3)13-18(19(17)20)16(5)11-9-7-2/h12-13,15-16,20H,6-11H2,1-5H3. The van der Waals surface area contributed by atoms with Crippen molar-refractivity contribution >= 4 is 0 Å². The van der Waals surface area contributed by atoms with Gasteiger partial charge in [0.1, 0.15) is 5.75 Å². The summed E-state index contributed by atoms with van der Waals surface area (Å²) >= 11 is 0. The summed E-state index contributed by atoms with van der Waals surface area (Å²) in [6, 6.07) is 4.34. The number of aryl methyl sites for hydroxylation is 1. The van der Waals surface area contributed by atoms with Gasteiger partial charge >= 0.3 is 0 Å². The van der Waals surface area contributed by atoms with Crippen LogP contribution in [0.1, 0.15) is 94.7 Å². The fraction of sp³-hybridized carbons (Fsp3) is 0.684. The summed E-state index contributed by atoms with van der Waals surface area (Å²) in [6.45, 7) is 11.1. The van der Waals surface area contributed by atoms with E-state index in [1.165, 1.54) is 31.2 Å². The number of phenols is 1. The first-order valence-electron chi connectivity index (χ1n) is 8.34. The maximum atomic E-state index is 10.7. The van der Waals surface area contributed by atoms with E-state index in [1.54, 1.807) is 0 Å². The van der Waals surface area contributed by atoms with Gasteiger partial charge in [-0.25, -0.2) is 0 Å². The van der Waals surface area contributed by atoms with Crippen LogP contribution in [0.4, 0.5) is 0 Å². The Kier molecular flexibility index (Phi) is 7.12. The van der Waals surface area contributed by atoms with Crippen LogP contribution in [0.2, 0.25) is 0 Å². The van der Waals surface area contributed by atoms with Crippen molar-refractivity contribution in [2.45, 2.75) is 85.0 Å². The van der Waals surface area contributed by atoms with Crippen molar-refractivity contribution in [3.63, 3.8) is 0 Å². The SMILES string of the molecule is CCCCC(C)c1cc(C)cc(C(C)CCCC)c1O. The molecule has 0 aliphatic carbocycles. The Bertz CT molecular complexity index is 373. The Morgan fingerprint density at radius 3 is 1.65 bits per heavy atom. The molecule has 0 saturated carbocycles. The van der Waals surface area contributed by atoms with Gasteiger partial charge in [0.25, 0.3) is 0 Å². The molecule has 0 heterocycles. The zero-order chi connectivity index (χ0) is 15.1. The summed E-state index contributed by atoms with van der Waals surface area (Å²) in [7, 11) is 0. The molecule has 0 fully saturated rings. The van der Waals surface area contributed by atoms with Gasteiger partial charge in [-0.2, -0.15) is 0 Å². The van der Waals surface area contributed by atoms with Crippen LogP contribution in [-0.2, 0) is 0 Å². The van der Waals surface area contributed by atoms with Crippen LogP contribution in [0.25, 0.3) is 0 Å². The first kappa shape index (κ1) is 17.1. The second kappa shape index (κ2) is 8.34. The molecule has 0 aromatic heterocycles. The van der Waals surface area contributed by atoms with Crippen LogP contribution in [0.15, 0.2) is 12.1 Å². The van der Waals surface area contributed by atoms with Crippen LogP contribution in [0.3, 0.4) is 0 Å². The number of benzene rings is 1. The minimum atomic E-state index is 0.451. The van der Waals surface area contributed by atoms with Crippen molar-refractivity contribution in [2.24, 2.45) is 0 Å². The van der Waals surface area contributed by atoms with Crippen molar-refractivity contribution in [1.29, 1.82) is 0 Å². The average Bonchev–Trinajstić information content (AvgIpc) is 2.44. The second-order valence-corrected chi connectivity index (χ2v) is 6.38. The topological polar surface area (TPSA) is 20.2 Å². The van der Waals surface area contributed by atoms with Gasteiger partial charge in [-0.05, 0) is 42.7 Å². The first-order chi connectivity index (χ1) is 9.51. The van der Waals surface area contributed by atoms with E-state index >= 15 is 0 Å². The molecule has 0 aliphatic heterocycles. The Labute approximate surface area is 125 Å². The molecule has 1 nitrogen and oxygen atoms in total. The van der Waals surface area contributed by atoms with E-state index in [0.29, 0.717) is 17.6 Å². The summed E-state index contributed by atoms with van der Waals surface area (Å²) in [5.41, 5.74) is 3.58. The molecule has 1 N–H and O–H groups in total. The van der Waals surface area contributed by atoms with E-state index in [-0.39, 0.29) is 0 Å². The van der Waals surface area contributed by atoms with Crippen LogP contribution in [0, 0.1) is 6.92 Å². The molecule has 1 aromatic rings. The summed E-state index contributed by atoms with van der Waals surface area (Å²) in [6.07, 6.45) is 7.23. The third-order valence-electron chi connectivity index (χ3n) is 4.36. The highest BCUT2D eigenvalue weighted by Crippen LogP contribution is 2.38. The highest BCUT2D eigenvalue weighted by atomic mass is 16.3. The number of rotatable bonds is 8. The fourth-order valence-electron chi connectivity index (χ4n) is 2.92. The zero-order valence-electron chi connectivity index (χ0n) is 14.0. The van der Waals surface area contributed by atoms with Gasteiger partial charge in [-0.1, -0.05) is 71.1 Å². The number of unbranched alkanes of at least 4 members (excludes halogenated alkanes) is 2. The summed E-state index contributed by atoms with van der Waals surface area (Å²) in [4.78, 5) is 0. The molecule has 114 valence electrons. The molecule has 0 spiro atoms. The van der Waals surface area contributed by atoms with Gasteiger partial charge in [-0.3, -0.25) is 0 Å². The van der Waals surface area contributed by atoms with Crippen molar-refractivity contribution in [1.82, 2.24) is 0 Å². The third-order valence-corrected chi connectivity index (χ3v) is 4.36. The van der Waals surface area contributed by atoms with Gasteiger partial charge in [0, 0.05) is 0 Å². The smallest absolute Gasteiger partial charge is 0.122 e. The highest BCUT2D eigenvalue weighted by Gasteiger charge is 2.17. The van der Waals surface area contributed by atoms with Crippen LogP contribution >= 0.6 is 0 Å². The second-order valence-electron chi connectivity index (χ2n) is 6.38. The first-order valence-corrected chi connectivity index (χ1v) is 8.34. The number of hydrogen-bond acceptors (Lipinski definition) is 1. The Morgan fingerprint density at radius 2 is 1.30 bits per heavy atom. The summed E-state index contributed by atoms with van der Waals surface area (Å²) in [5.74, 6) is 1.46. The molecule has 0 aliphatic rings. The van der Waals surface area contributed by atoms with Gasteiger partial charge in [0.05, 0.1) is 0 Å². The third kappa shape index (κ3) is 4.54. The quantitative estimate of drug-likeness (QED) is 0.591. The normalized spacial score (nSPS) is 14.2. The molecule has 0 bridgehead atoms.